The van der Waals surface area contributed by atoms with Gasteiger partial charge in [-0.05, 0) is 24.0 Å². The van der Waals surface area contributed by atoms with Crippen LogP contribution in [0.3, 0.4) is 0 Å². The van der Waals surface area contributed by atoms with Gasteiger partial charge >= 0.3 is 11.9 Å². The van der Waals surface area contributed by atoms with Crippen molar-refractivity contribution in [2.75, 3.05) is 6.54 Å². The summed E-state index contributed by atoms with van der Waals surface area (Å²) in [5, 5.41) is 8.09. The smallest absolute Gasteiger partial charge is 0.349 e. The number of alkyl halides is 3. The molecular weight excluding hydrogens is 313 g/mol. The zero-order chi connectivity index (χ0) is 17.0. The van der Waals surface area contributed by atoms with E-state index in [1.54, 1.807) is 13.0 Å². The highest BCUT2D eigenvalue weighted by Crippen LogP contribution is 2.31. The minimum Gasteiger partial charge on any atom is -0.349 e. The van der Waals surface area contributed by atoms with E-state index < -0.39 is 23.3 Å². The molecule has 0 unspecified atom stereocenters. The van der Waals surface area contributed by atoms with E-state index in [9.17, 15) is 22.8 Å². The number of H-pyrrole nitrogens is 2. The summed E-state index contributed by atoms with van der Waals surface area (Å²) in [5.41, 5.74) is -0.741. The first kappa shape index (κ1) is 16.8. The van der Waals surface area contributed by atoms with E-state index in [2.05, 4.69) is 20.5 Å². The highest BCUT2D eigenvalue weighted by atomic mass is 19.4. The van der Waals surface area contributed by atoms with Gasteiger partial charge in [-0.25, -0.2) is 9.89 Å². The van der Waals surface area contributed by atoms with Crippen LogP contribution in [-0.4, -0.2) is 27.6 Å². The van der Waals surface area contributed by atoms with Crippen LogP contribution in [0.5, 0.6) is 0 Å². The van der Waals surface area contributed by atoms with Crippen molar-refractivity contribution < 1.29 is 18.0 Å². The molecule has 6 nitrogen and oxygen atoms in total. The molecule has 1 heterocycles. The number of amides is 1. The molecular formula is C14H15F3N4O2. The molecule has 0 saturated carbocycles. The average Bonchev–Trinajstić information content (AvgIpc) is 2.93. The van der Waals surface area contributed by atoms with Crippen LogP contribution in [-0.2, 0) is 6.18 Å². The Bertz CT molecular complexity index is 736. The minimum atomic E-state index is -4.38. The van der Waals surface area contributed by atoms with E-state index in [1.807, 2.05) is 0 Å². The summed E-state index contributed by atoms with van der Waals surface area (Å²) in [6.07, 6.45) is -3.93. The molecule has 0 radical (unpaired) electrons. The molecule has 2 aromatic rings. The molecule has 0 bridgehead atoms. The Balaban J connectivity index is 1.91. The summed E-state index contributed by atoms with van der Waals surface area (Å²) in [5.74, 6) is -0.864. The number of hydrogen-bond acceptors (Lipinski definition) is 3. The molecule has 9 heteroatoms. The van der Waals surface area contributed by atoms with Crippen LogP contribution in [0.1, 0.15) is 41.0 Å². The van der Waals surface area contributed by atoms with Crippen LogP contribution in [0.4, 0.5) is 13.2 Å². The minimum absolute atomic E-state index is 0.137. The summed E-state index contributed by atoms with van der Waals surface area (Å²) >= 11 is 0. The largest absolute Gasteiger partial charge is 0.416 e. The van der Waals surface area contributed by atoms with Crippen LogP contribution in [0.25, 0.3) is 0 Å². The molecule has 1 amide bonds. The van der Waals surface area contributed by atoms with Gasteiger partial charge < -0.3 is 5.32 Å². The number of halogens is 3. The van der Waals surface area contributed by atoms with Crippen molar-refractivity contribution in [1.82, 2.24) is 20.5 Å². The van der Waals surface area contributed by atoms with E-state index in [-0.39, 0.29) is 18.3 Å². The molecule has 0 spiro atoms. The Morgan fingerprint density at radius 3 is 2.74 bits per heavy atom. The quantitative estimate of drug-likeness (QED) is 0.784. The fraction of sp³-hybridized carbons (Fsp3) is 0.357. The predicted octanol–water partition coefficient (Wildman–Crippen LogP) is 2.04. The Hall–Kier alpha value is -2.58. The molecule has 1 aromatic carbocycles. The number of hydrogen-bond donors (Lipinski definition) is 3. The van der Waals surface area contributed by atoms with Crippen LogP contribution in [0.2, 0.25) is 0 Å². The second kappa shape index (κ2) is 6.67. The van der Waals surface area contributed by atoms with Gasteiger partial charge in [-0.3, -0.25) is 9.78 Å². The second-order valence-corrected chi connectivity index (χ2v) is 5.10. The van der Waals surface area contributed by atoms with Gasteiger partial charge in [0.15, 0.2) is 0 Å². The number of benzene rings is 1. The van der Waals surface area contributed by atoms with Crippen molar-refractivity contribution in [2.45, 2.75) is 25.4 Å². The number of aromatic amines is 2. The zero-order valence-electron chi connectivity index (χ0n) is 12.2. The first-order valence-electron chi connectivity index (χ1n) is 6.87. The molecule has 0 aliphatic carbocycles. The molecule has 1 atom stereocenters. The van der Waals surface area contributed by atoms with E-state index >= 15 is 0 Å². The topological polar surface area (TPSA) is 90.6 Å². The maximum atomic E-state index is 12.7. The maximum absolute atomic E-state index is 12.7. The van der Waals surface area contributed by atoms with Gasteiger partial charge in [0, 0.05) is 6.54 Å². The Labute approximate surface area is 129 Å². The lowest BCUT2D eigenvalue weighted by atomic mass is 9.96. The summed E-state index contributed by atoms with van der Waals surface area (Å²) in [6, 6.07) is 5.11. The Morgan fingerprint density at radius 1 is 1.39 bits per heavy atom. The zero-order valence-corrected chi connectivity index (χ0v) is 12.2. The van der Waals surface area contributed by atoms with Crippen molar-refractivity contribution in [3.63, 3.8) is 0 Å². The lowest BCUT2D eigenvalue weighted by Gasteiger charge is -2.14. The highest BCUT2D eigenvalue weighted by Gasteiger charge is 2.30. The van der Waals surface area contributed by atoms with Gasteiger partial charge in [0.2, 0.25) is 5.82 Å². The lowest BCUT2D eigenvalue weighted by Crippen LogP contribution is -2.26. The molecule has 3 N–H and O–H groups in total. The lowest BCUT2D eigenvalue weighted by molar-refractivity contribution is -0.137. The van der Waals surface area contributed by atoms with Crippen LogP contribution < -0.4 is 11.0 Å². The molecule has 0 aliphatic heterocycles. The number of carbonyl (C=O) groups is 1. The Morgan fingerprint density at radius 2 is 2.13 bits per heavy atom. The number of carbonyl (C=O) groups excluding carboxylic acids is 1. The number of nitrogens with one attached hydrogen (secondary N) is 3. The van der Waals surface area contributed by atoms with Crippen LogP contribution in [0.15, 0.2) is 29.1 Å². The Kier molecular flexibility index (Phi) is 4.87. The van der Waals surface area contributed by atoms with Gasteiger partial charge in [0.05, 0.1) is 5.56 Å². The SMILES string of the molecule is C[C@H](CCNC(=O)c1n[nH]c(=O)[nH]1)c1cccc(C(F)(F)F)c1. The third-order valence-electron chi connectivity index (χ3n) is 3.36. The standard InChI is InChI=1S/C14H15F3N4O2/c1-8(9-3-2-4-10(7-9)14(15,16)17)5-6-18-12(22)11-19-13(23)21-20-11/h2-4,7-8H,5-6H2,1H3,(H,18,22)(H2,19,20,21,23)/t8-/m1/s1. The molecule has 2 rings (SSSR count). The third-order valence-corrected chi connectivity index (χ3v) is 3.36. The monoisotopic (exact) mass is 328 g/mol. The van der Waals surface area contributed by atoms with E-state index in [4.69, 9.17) is 0 Å². The van der Waals surface area contributed by atoms with Crippen molar-refractivity contribution in [3.8, 4) is 0 Å². The first-order valence-corrected chi connectivity index (χ1v) is 6.87. The summed E-state index contributed by atoms with van der Waals surface area (Å²) < 4.78 is 38.0. The van der Waals surface area contributed by atoms with E-state index in [0.717, 1.165) is 12.1 Å². The van der Waals surface area contributed by atoms with Crippen molar-refractivity contribution >= 4 is 5.91 Å². The molecule has 23 heavy (non-hydrogen) atoms. The molecule has 0 saturated heterocycles. The molecule has 0 fully saturated rings. The molecule has 0 aliphatic rings. The normalized spacial score (nSPS) is 12.9. The van der Waals surface area contributed by atoms with Gasteiger partial charge in [-0.1, -0.05) is 25.1 Å². The average molecular weight is 328 g/mol. The number of rotatable bonds is 5. The predicted molar refractivity (Wildman–Crippen MR) is 76.0 cm³/mol. The summed E-state index contributed by atoms with van der Waals surface area (Å²) in [7, 11) is 0. The summed E-state index contributed by atoms with van der Waals surface area (Å²) in [4.78, 5) is 24.7. The second-order valence-electron chi connectivity index (χ2n) is 5.10. The van der Waals surface area contributed by atoms with E-state index in [0.29, 0.717) is 12.0 Å². The van der Waals surface area contributed by atoms with Gasteiger partial charge in [-0.15, -0.1) is 5.10 Å². The first-order chi connectivity index (χ1) is 10.8. The van der Waals surface area contributed by atoms with Gasteiger partial charge in [-0.2, -0.15) is 13.2 Å². The highest BCUT2D eigenvalue weighted by molar-refractivity contribution is 5.90. The number of nitrogens with zero attached hydrogens (tertiary/aromatic N) is 1. The summed E-state index contributed by atoms with van der Waals surface area (Å²) in [6.45, 7) is 2.02. The fourth-order valence-electron chi connectivity index (χ4n) is 2.05. The van der Waals surface area contributed by atoms with Crippen molar-refractivity contribution in [1.29, 1.82) is 0 Å². The maximum Gasteiger partial charge on any atom is 0.416 e. The fourth-order valence-corrected chi connectivity index (χ4v) is 2.05. The number of aromatic nitrogens is 3. The van der Waals surface area contributed by atoms with Gasteiger partial charge in [0.25, 0.3) is 5.91 Å². The van der Waals surface area contributed by atoms with Crippen molar-refractivity contribution in [3.05, 3.63) is 51.7 Å². The van der Waals surface area contributed by atoms with Gasteiger partial charge in [0.1, 0.15) is 0 Å². The molecule has 124 valence electrons. The molecule has 1 aromatic heterocycles. The van der Waals surface area contributed by atoms with E-state index in [1.165, 1.54) is 6.07 Å². The van der Waals surface area contributed by atoms with Crippen LogP contribution >= 0.6 is 0 Å². The third kappa shape index (κ3) is 4.44. The van der Waals surface area contributed by atoms with Crippen LogP contribution in [0, 0.1) is 0 Å². The van der Waals surface area contributed by atoms with Crippen molar-refractivity contribution in [2.24, 2.45) is 0 Å².